The molecule has 2 fully saturated rings. The third kappa shape index (κ3) is 2.51. The summed E-state index contributed by atoms with van der Waals surface area (Å²) in [6.45, 7) is 2.23. The van der Waals surface area contributed by atoms with E-state index in [4.69, 9.17) is 0 Å². The van der Waals surface area contributed by atoms with Gasteiger partial charge in [-0.3, -0.25) is 24.0 Å². The fraction of sp³-hybridized carbons (Fsp3) is 0.526. The molecule has 6 nitrogen and oxygen atoms in total. The molecule has 1 saturated carbocycles. The van der Waals surface area contributed by atoms with Crippen molar-refractivity contribution in [3.8, 4) is 0 Å². The first-order chi connectivity index (χ1) is 12.0. The number of aromatic nitrogens is 2. The van der Waals surface area contributed by atoms with Gasteiger partial charge in [0.25, 0.3) is 0 Å². The van der Waals surface area contributed by atoms with E-state index < -0.39 is 6.04 Å². The van der Waals surface area contributed by atoms with E-state index in [1.54, 1.807) is 11.6 Å². The Labute approximate surface area is 145 Å². The molecular formula is C19H23N3O3. The van der Waals surface area contributed by atoms with Crippen LogP contribution in [0, 0.1) is 5.92 Å². The molecule has 132 valence electrons. The topological polar surface area (TPSA) is 73.1 Å². The zero-order valence-electron chi connectivity index (χ0n) is 14.6. The van der Waals surface area contributed by atoms with Gasteiger partial charge in [0.05, 0.1) is 11.0 Å². The Bertz CT molecular complexity index is 918. The molecule has 25 heavy (non-hydrogen) atoms. The average molecular weight is 341 g/mol. The number of imidazole rings is 1. The number of nitrogens with one attached hydrogen (secondary N) is 1. The Balaban J connectivity index is 1.74. The Hall–Kier alpha value is -2.37. The predicted molar refractivity (Wildman–Crippen MR) is 94.4 cm³/mol. The molecule has 1 atom stereocenters. The van der Waals surface area contributed by atoms with Crippen LogP contribution < -0.4 is 11.0 Å². The predicted octanol–water partition coefficient (Wildman–Crippen LogP) is 2.22. The minimum absolute atomic E-state index is 0.207. The zero-order valence-corrected chi connectivity index (χ0v) is 14.6. The number of rotatable bonds is 3. The van der Waals surface area contributed by atoms with Crippen molar-refractivity contribution in [2.75, 3.05) is 0 Å². The number of imide groups is 1. The van der Waals surface area contributed by atoms with Crippen molar-refractivity contribution in [1.29, 1.82) is 0 Å². The van der Waals surface area contributed by atoms with Gasteiger partial charge in [0.1, 0.15) is 6.04 Å². The number of carbonyl (C=O) groups excluding carboxylic acids is 2. The lowest BCUT2D eigenvalue weighted by molar-refractivity contribution is -0.135. The fourth-order valence-corrected chi connectivity index (χ4v) is 4.21. The number of piperidine rings is 1. The lowest BCUT2D eigenvalue weighted by atomic mass is 9.70. The summed E-state index contributed by atoms with van der Waals surface area (Å²) in [5, 5.41) is 2.34. The van der Waals surface area contributed by atoms with E-state index in [9.17, 15) is 14.4 Å². The van der Waals surface area contributed by atoms with Crippen molar-refractivity contribution in [2.45, 2.75) is 51.0 Å². The largest absolute Gasteiger partial charge is 0.329 e. The van der Waals surface area contributed by atoms with Crippen LogP contribution in [-0.4, -0.2) is 20.9 Å². The molecule has 0 bridgehead atoms. The van der Waals surface area contributed by atoms with Crippen molar-refractivity contribution in [3.63, 3.8) is 0 Å². The Kier molecular flexibility index (Phi) is 3.78. The molecule has 0 spiro atoms. The third-order valence-electron chi connectivity index (χ3n) is 5.92. The molecule has 1 saturated heterocycles. The van der Waals surface area contributed by atoms with E-state index in [1.807, 2.05) is 6.07 Å². The molecule has 6 heteroatoms. The number of carbonyl (C=O) groups is 2. The molecule has 2 aromatic rings. The molecule has 2 heterocycles. The van der Waals surface area contributed by atoms with Gasteiger partial charge in [-0.05, 0) is 48.8 Å². The van der Waals surface area contributed by atoms with Crippen molar-refractivity contribution < 1.29 is 9.59 Å². The van der Waals surface area contributed by atoms with Crippen LogP contribution in [0.4, 0.5) is 0 Å². The van der Waals surface area contributed by atoms with Crippen molar-refractivity contribution >= 4 is 22.8 Å². The van der Waals surface area contributed by atoms with Crippen LogP contribution in [0.2, 0.25) is 0 Å². The van der Waals surface area contributed by atoms with Gasteiger partial charge < -0.3 is 0 Å². The van der Waals surface area contributed by atoms with Crippen LogP contribution in [0.25, 0.3) is 11.0 Å². The summed E-state index contributed by atoms with van der Waals surface area (Å²) in [6, 6.07) is 5.51. The summed E-state index contributed by atoms with van der Waals surface area (Å²) in [6.07, 6.45) is 4.28. The van der Waals surface area contributed by atoms with Crippen LogP contribution in [0.3, 0.4) is 0 Å². The smallest absolute Gasteiger partial charge is 0.295 e. The van der Waals surface area contributed by atoms with E-state index in [0.29, 0.717) is 12.3 Å². The first-order valence-corrected chi connectivity index (χ1v) is 9.04. The van der Waals surface area contributed by atoms with E-state index in [0.717, 1.165) is 17.0 Å². The summed E-state index contributed by atoms with van der Waals surface area (Å²) in [5.74, 6) is 0.730. The second-order valence-electron chi connectivity index (χ2n) is 7.37. The van der Waals surface area contributed by atoms with E-state index in [2.05, 4.69) is 24.4 Å². The summed E-state index contributed by atoms with van der Waals surface area (Å²) >= 11 is 0. The van der Waals surface area contributed by atoms with Crippen molar-refractivity contribution in [2.24, 2.45) is 13.0 Å². The highest BCUT2D eigenvalue weighted by molar-refractivity contribution is 6.00. The molecule has 1 aliphatic heterocycles. The number of fused-ring (bicyclic) bond motifs is 1. The van der Waals surface area contributed by atoms with Crippen LogP contribution >= 0.6 is 0 Å². The van der Waals surface area contributed by atoms with Gasteiger partial charge in [0.15, 0.2) is 0 Å². The maximum Gasteiger partial charge on any atom is 0.329 e. The Morgan fingerprint density at radius 2 is 1.92 bits per heavy atom. The zero-order chi connectivity index (χ0) is 17.7. The number of hydrogen-bond donors (Lipinski definition) is 1. The fourth-order valence-electron chi connectivity index (χ4n) is 4.21. The van der Waals surface area contributed by atoms with Gasteiger partial charge in [-0.1, -0.05) is 19.4 Å². The monoisotopic (exact) mass is 341 g/mol. The molecule has 2 aliphatic rings. The molecule has 1 aliphatic carbocycles. The van der Waals surface area contributed by atoms with Gasteiger partial charge in [-0.15, -0.1) is 0 Å². The van der Waals surface area contributed by atoms with Gasteiger partial charge in [0, 0.05) is 13.5 Å². The number of nitrogens with zero attached hydrogens (tertiary/aromatic N) is 2. The number of hydrogen-bond acceptors (Lipinski definition) is 3. The minimum Gasteiger partial charge on any atom is -0.295 e. The van der Waals surface area contributed by atoms with Crippen LogP contribution in [0.1, 0.15) is 56.6 Å². The van der Waals surface area contributed by atoms with Gasteiger partial charge in [-0.2, -0.15) is 0 Å². The molecule has 1 unspecified atom stereocenters. The lowest BCUT2D eigenvalue weighted by Gasteiger charge is -2.35. The van der Waals surface area contributed by atoms with Crippen molar-refractivity contribution in [1.82, 2.24) is 14.5 Å². The normalized spacial score (nSPS) is 26.6. The number of benzene rings is 1. The highest BCUT2D eigenvalue weighted by Crippen LogP contribution is 2.43. The lowest BCUT2D eigenvalue weighted by Crippen LogP contribution is -2.44. The Morgan fingerprint density at radius 1 is 1.16 bits per heavy atom. The van der Waals surface area contributed by atoms with Gasteiger partial charge >= 0.3 is 5.69 Å². The van der Waals surface area contributed by atoms with E-state index in [-0.39, 0.29) is 23.9 Å². The van der Waals surface area contributed by atoms with Gasteiger partial charge in [0.2, 0.25) is 11.8 Å². The van der Waals surface area contributed by atoms with Crippen LogP contribution in [-0.2, 0) is 16.6 Å². The average Bonchev–Trinajstić information content (AvgIpc) is 2.79. The second-order valence-corrected chi connectivity index (χ2v) is 7.37. The molecule has 0 radical (unpaired) electrons. The van der Waals surface area contributed by atoms with Gasteiger partial charge in [-0.25, -0.2) is 4.79 Å². The molecule has 1 aromatic heterocycles. The summed E-state index contributed by atoms with van der Waals surface area (Å²) in [5.41, 5.74) is 2.68. The van der Waals surface area contributed by atoms with Crippen LogP contribution in [0.15, 0.2) is 23.0 Å². The SMILES string of the molecule is CCC1CC(c2ccc3c(c2)n(C)c(=O)n3C2CCC(=O)NC2=O)C1. The van der Waals surface area contributed by atoms with Crippen molar-refractivity contribution in [3.05, 3.63) is 34.2 Å². The molecule has 1 N–H and O–H groups in total. The first kappa shape index (κ1) is 16.1. The summed E-state index contributed by atoms with van der Waals surface area (Å²) in [4.78, 5) is 36.3. The minimum atomic E-state index is -0.618. The second kappa shape index (κ2) is 5.86. The quantitative estimate of drug-likeness (QED) is 0.870. The highest BCUT2D eigenvalue weighted by atomic mass is 16.2. The maximum absolute atomic E-state index is 12.7. The van der Waals surface area contributed by atoms with E-state index >= 15 is 0 Å². The molecular weight excluding hydrogens is 318 g/mol. The maximum atomic E-state index is 12.7. The molecule has 4 rings (SSSR count). The summed E-state index contributed by atoms with van der Waals surface area (Å²) < 4.78 is 3.15. The number of aryl methyl sites for hydroxylation is 1. The number of amides is 2. The highest BCUT2D eigenvalue weighted by Gasteiger charge is 2.32. The Morgan fingerprint density at radius 3 is 2.60 bits per heavy atom. The first-order valence-electron chi connectivity index (χ1n) is 9.04. The van der Waals surface area contributed by atoms with Crippen LogP contribution in [0.5, 0.6) is 0 Å². The molecule has 1 aromatic carbocycles. The standard InChI is InChI=1S/C19H23N3O3/c1-3-11-8-13(9-11)12-4-5-14-16(10-12)21(2)19(25)22(14)15-6-7-17(23)20-18(15)24/h4-5,10-11,13,15H,3,6-9H2,1-2H3,(H,20,23,24). The summed E-state index contributed by atoms with van der Waals surface area (Å²) in [7, 11) is 1.74. The van der Waals surface area contributed by atoms with E-state index in [1.165, 1.54) is 29.4 Å². The third-order valence-corrected chi connectivity index (χ3v) is 5.92. The molecule has 2 amide bonds.